The lowest BCUT2D eigenvalue weighted by Gasteiger charge is -2.23. The molecule has 9 heteroatoms. The highest BCUT2D eigenvalue weighted by molar-refractivity contribution is 6.01. The first kappa shape index (κ1) is 28.4. The lowest BCUT2D eigenvalue weighted by atomic mass is 10.0. The summed E-state index contributed by atoms with van der Waals surface area (Å²) in [5, 5.41) is 4.83. The molecule has 0 bridgehead atoms. The average molecular weight is 442 g/mol. The van der Waals surface area contributed by atoms with Crippen molar-refractivity contribution in [3.8, 4) is 0 Å². The minimum absolute atomic E-state index is 0.110. The summed E-state index contributed by atoms with van der Waals surface area (Å²) in [5.41, 5.74) is -2.06. The summed E-state index contributed by atoms with van der Waals surface area (Å²) < 4.78 is 15.8. The number of guanidine groups is 1. The van der Waals surface area contributed by atoms with E-state index >= 15 is 0 Å². The van der Waals surface area contributed by atoms with Gasteiger partial charge in [0, 0.05) is 6.54 Å². The number of nitrogens with zero attached hydrogens (tertiary/aromatic N) is 1. The Bertz CT molecular complexity index is 634. The molecular weight excluding hydrogens is 402 g/mol. The summed E-state index contributed by atoms with van der Waals surface area (Å²) in [6.45, 7) is 19.5. The first-order chi connectivity index (χ1) is 13.9. The van der Waals surface area contributed by atoms with Crippen molar-refractivity contribution in [2.45, 2.75) is 92.0 Å². The second-order valence-electron chi connectivity index (χ2n) is 10.1. The minimum Gasteiger partial charge on any atom is -0.460 e. The minimum atomic E-state index is -0.783. The zero-order valence-electron chi connectivity index (χ0n) is 20.4. The second-order valence-corrected chi connectivity index (χ2v) is 10.1. The average Bonchev–Trinajstić information content (AvgIpc) is 2.46. The van der Waals surface area contributed by atoms with Crippen molar-refractivity contribution in [3.63, 3.8) is 0 Å². The standard InChI is InChI=1S/C22H39N3O6/c1-11-12-15(13-16(26)29-20(2,3)4)14-23-17(24-18(27)30-21(5,6)7)25-19(28)31-22(8,9)10/h11,15H,1,12-14H2,2-10H3,(H2,23,24,25,27,28)/t15-/m0/s1. The van der Waals surface area contributed by atoms with E-state index in [1.807, 2.05) is 0 Å². The molecule has 0 unspecified atom stereocenters. The first-order valence-corrected chi connectivity index (χ1v) is 10.3. The molecule has 178 valence electrons. The summed E-state index contributed by atoms with van der Waals surface area (Å²) in [5.74, 6) is -0.735. The topological polar surface area (TPSA) is 115 Å². The number of esters is 1. The number of aliphatic imine (C=N–C) groups is 1. The highest BCUT2D eigenvalue weighted by Crippen LogP contribution is 2.15. The largest absolute Gasteiger partial charge is 0.460 e. The molecule has 0 aromatic rings. The van der Waals surface area contributed by atoms with E-state index in [4.69, 9.17) is 14.2 Å². The molecule has 0 aliphatic rings. The summed E-state index contributed by atoms with van der Waals surface area (Å²) in [7, 11) is 0. The number of carbonyl (C=O) groups excluding carboxylic acids is 3. The van der Waals surface area contributed by atoms with E-state index in [0.717, 1.165) is 0 Å². The van der Waals surface area contributed by atoms with Crippen molar-refractivity contribution < 1.29 is 28.6 Å². The number of amides is 2. The Morgan fingerprint density at radius 3 is 1.61 bits per heavy atom. The normalized spacial score (nSPS) is 12.8. The first-order valence-electron chi connectivity index (χ1n) is 10.3. The Morgan fingerprint density at radius 1 is 0.839 bits per heavy atom. The van der Waals surface area contributed by atoms with Gasteiger partial charge in [-0.3, -0.25) is 20.4 Å². The lowest BCUT2D eigenvalue weighted by molar-refractivity contribution is -0.155. The number of ether oxygens (including phenoxy) is 3. The lowest BCUT2D eigenvalue weighted by Crippen LogP contribution is -2.47. The van der Waals surface area contributed by atoms with Gasteiger partial charge in [0.1, 0.15) is 16.8 Å². The monoisotopic (exact) mass is 441 g/mol. The van der Waals surface area contributed by atoms with Crippen LogP contribution in [-0.2, 0) is 19.0 Å². The maximum atomic E-state index is 12.2. The molecule has 1 atom stereocenters. The molecular formula is C22H39N3O6. The van der Waals surface area contributed by atoms with Crippen LogP contribution >= 0.6 is 0 Å². The van der Waals surface area contributed by atoms with Gasteiger partial charge in [-0.2, -0.15) is 0 Å². The molecule has 0 aliphatic heterocycles. The molecule has 0 fully saturated rings. The van der Waals surface area contributed by atoms with Gasteiger partial charge in [0.2, 0.25) is 5.96 Å². The molecule has 0 rings (SSSR count). The van der Waals surface area contributed by atoms with E-state index < -0.39 is 29.0 Å². The molecule has 0 heterocycles. The van der Waals surface area contributed by atoms with Gasteiger partial charge < -0.3 is 14.2 Å². The fourth-order valence-corrected chi connectivity index (χ4v) is 2.21. The van der Waals surface area contributed by atoms with Crippen molar-refractivity contribution in [3.05, 3.63) is 12.7 Å². The van der Waals surface area contributed by atoms with E-state index in [1.165, 1.54) is 0 Å². The molecule has 2 N–H and O–H groups in total. The van der Waals surface area contributed by atoms with Crippen LogP contribution in [0.4, 0.5) is 9.59 Å². The van der Waals surface area contributed by atoms with Crippen LogP contribution in [0, 0.1) is 5.92 Å². The Labute approximate surface area is 186 Å². The summed E-state index contributed by atoms with van der Waals surface area (Å²) in [6.07, 6.45) is 0.713. The summed E-state index contributed by atoms with van der Waals surface area (Å²) in [4.78, 5) is 40.7. The molecule has 0 saturated heterocycles. The Morgan fingerprint density at radius 2 is 1.26 bits per heavy atom. The third-order valence-corrected chi connectivity index (χ3v) is 3.12. The number of allylic oxidation sites excluding steroid dienone is 1. The second kappa shape index (κ2) is 11.7. The van der Waals surface area contributed by atoms with Crippen molar-refractivity contribution in [1.82, 2.24) is 10.6 Å². The molecule has 0 aromatic carbocycles. The third-order valence-electron chi connectivity index (χ3n) is 3.12. The molecule has 0 aromatic heterocycles. The van der Waals surface area contributed by atoms with Crippen molar-refractivity contribution in [2.24, 2.45) is 10.9 Å². The molecule has 0 saturated carbocycles. The summed E-state index contributed by atoms with van der Waals surface area (Å²) in [6, 6.07) is 0. The van der Waals surface area contributed by atoms with Crippen molar-refractivity contribution >= 4 is 24.1 Å². The van der Waals surface area contributed by atoms with Gasteiger partial charge in [0.15, 0.2) is 0 Å². The summed E-state index contributed by atoms with van der Waals surface area (Å²) >= 11 is 0. The SMILES string of the molecule is C=CC[C@H](CN=C(NC(=O)OC(C)(C)C)NC(=O)OC(C)(C)C)CC(=O)OC(C)(C)C. The van der Waals surface area contributed by atoms with Gasteiger partial charge >= 0.3 is 18.2 Å². The number of nitrogens with one attached hydrogen (secondary N) is 2. The van der Waals surface area contributed by atoms with Gasteiger partial charge in [-0.25, -0.2) is 9.59 Å². The number of carbonyl (C=O) groups is 3. The molecule has 2 amide bonds. The predicted molar refractivity (Wildman–Crippen MR) is 120 cm³/mol. The maximum absolute atomic E-state index is 12.2. The van der Waals surface area contributed by atoms with E-state index in [9.17, 15) is 14.4 Å². The van der Waals surface area contributed by atoms with Gasteiger partial charge in [-0.15, -0.1) is 6.58 Å². The number of alkyl carbamates (subject to hydrolysis) is 2. The predicted octanol–water partition coefficient (Wildman–Crippen LogP) is 4.32. The molecule has 9 nitrogen and oxygen atoms in total. The quantitative estimate of drug-likeness (QED) is 0.209. The van der Waals surface area contributed by atoms with E-state index in [-0.39, 0.29) is 30.8 Å². The van der Waals surface area contributed by atoms with Crippen LogP contribution in [0.3, 0.4) is 0 Å². The van der Waals surface area contributed by atoms with Crippen LogP contribution < -0.4 is 10.6 Å². The highest BCUT2D eigenvalue weighted by atomic mass is 16.6. The Balaban J connectivity index is 5.38. The third kappa shape index (κ3) is 16.9. The molecule has 31 heavy (non-hydrogen) atoms. The van der Waals surface area contributed by atoms with E-state index in [2.05, 4.69) is 22.2 Å². The number of hydrogen-bond acceptors (Lipinski definition) is 7. The smallest absolute Gasteiger partial charge is 0.414 e. The van der Waals surface area contributed by atoms with Crippen molar-refractivity contribution in [1.29, 1.82) is 0 Å². The van der Waals surface area contributed by atoms with Gasteiger partial charge in [0.05, 0.1) is 6.42 Å². The maximum Gasteiger partial charge on any atom is 0.414 e. The van der Waals surface area contributed by atoms with Crippen LogP contribution in [0.2, 0.25) is 0 Å². The molecule has 0 spiro atoms. The van der Waals surface area contributed by atoms with E-state index in [1.54, 1.807) is 68.4 Å². The highest BCUT2D eigenvalue weighted by Gasteiger charge is 2.23. The van der Waals surface area contributed by atoms with Crippen LogP contribution in [0.25, 0.3) is 0 Å². The molecule has 0 aliphatic carbocycles. The fraction of sp³-hybridized carbons (Fsp3) is 0.727. The molecule has 0 radical (unpaired) electrons. The van der Waals surface area contributed by atoms with Gasteiger partial charge in [0.25, 0.3) is 0 Å². The Hall–Kier alpha value is -2.58. The number of rotatable bonds is 6. The van der Waals surface area contributed by atoms with E-state index in [0.29, 0.717) is 6.42 Å². The van der Waals surface area contributed by atoms with Crippen molar-refractivity contribution in [2.75, 3.05) is 6.54 Å². The zero-order chi connectivity index (χ0) is 24.5. The van der Waals surface area contributed by atoms with Gasteiger partial charge in [-0.05, 0) is 74.7 Å². The van der Waals surface area contributed by atoms with Gasteiger partial charge in [-0.1, -0.05) is 6.08 Å². The van der Waals surface area contributed by atoms with Crippen LogP contribution in [0.5, 0.6) is 0 Å². The fourth-order valence-electron chi connectivity index (χ4n) is 2.21. The number of hydrogen-bond donors (Lipinski definition) is 2. The van der Waals surface area contributed by atoms with Crippen LogP contribution in [-0.4, -0.2) is 47.5 Å². The zero-order valence-corrected chi connectivity index (χ0v) is 20.4. The van der Waals surface area contributed by atoms with Crippen LogP contribution in [0.1, 0.15) is 75.2 Å². The van der Waals surface area contributed by atoms with Crippen LogP contribution in [0.15, 0.2) is 17.6 Å². The Kier molecular flexibility index (Phi) is 10.7.